The van der Waals surface area contributed by atoms with Crippen molar-refractivity contribution in [3.8, 4) is 5.69 Å². The minimum absolute atomic E-state index is 0.00342. The number of nitrogens with one attached hydrogen (secondary N) is 1. The van der Waals surface area contributed by atoms with E-state index in [0.717, 1.165) is 36.4 Å². The van der Waals surface area contributed by atoms with Gasteiger partial charge in [0.2, 0.25) is 0 Å². The van der Waals surface area contributed by atoms with E-state index in [2.05, 4.69) is 15.3 Å². The third-order valence-corrected chi connectivity index (χ3v) is 4.83. The Balaban J connectivity index is 1.63. The number of piperidine rings is 1. The molecule has 9 heteroatoms. The summed E-state index contributed by atoms with van der Waals surface area (Å²) >= 11 is 0. The fraction of sp³-hybridized carbons (Fsp3) is 0.412. The number of fused-ring (bicyclic) bond motifs is 1. The first kappa shape index (κ1) is 16.8. The van der Waals surface area contributed by atoms with Gasteiger partial charge in [-0.15, -0.1) is 5.10 Å². The molecule has 1 fully saturated rings. The summed E-state index contributed by atoms with van der Waals surface area (Å²) in [6.07, 6.45) is 5.16. The summed E-state index contributed by atoms with van der Waals surface area (Å²) in [7, 11) is 0. The number of benzene rings is 1. The van der Waals surface area contributed by atoms with Crippen molar-refractivity contribution in [3.05, 3.63) is 46.5 Å². The predicted octanol–water partition coefficient (Wildman–Crippen LogP) is 0.324. The zero-order valence-electron chi connectivity index (χ0n) is 14.2. The van der Waals surface area contributed by atoms with E-state index in [4.69, 9.17) is 0 Å². The maximum absolute atomic E-state index is 14.0. The van der Waals surface area contributed by atoms with Crippen molar-refractivity contribution in [2.75, 3.05) is 19.6 Å². The molecule has 0 radical (unpaired) electrons. The van der Waals surface area contributed by atoms with Crippen molar-refractivity contribution in [2.24, 2.45) is 0 Å². The van der Waals surface area contributed by atoms with Crippen LogP contribution in [0.3, 0.4) is 0 Å². The molecule has 1 saturated heterocycles. The van der Waals surface area contributed by atoms with E-state index in [-0.39, 0.29) is 22.4 Å². The third-order valence-electron chi connectivity index (χ3n) is 4.83. The lowest BCUT2D eigenvalue weighted by Crippen LogP contribution is -3.13. The third kappa shape index (κ3) is 3.10. The molecule has 7 nitrogen and oxygen atoms in total. The molecule has 0 spiro atoms. The van der Waals surface area contributed by atoms with Gasteiger partial charge in [0.25, 0.3) is 5.56 Å². The van der Waals surface area contributed by atoms with Crippen LogP contribution in [0.2, 0.25) is 0 Å². The average molecular weight is 361 g/mol. The number of hydrogen-bond donors (Lipinski definition) is 1. The van der Waals surface area contributed by atoms with Gasteiger partial charge >= 0.3 is 0 Å². The van der Waals surface area contributed by atoms with Gasteiger partial charge in [0.05, 0.1) is 26.2 Å². The summed E-state index contributed by atoms with van der Waals surface area (Å²) < 4.78 is 29.7. The Hall–Kier alpha value is -2.68. The molecule has 1 aliphatic heterocycles. The van der Waals surface area contributed by atoms with Gasteiger partial charge in [-0.05, 0) is 31.4 Å². The van der Waals surface area contributed by atoms with E-state index in [0.29, 0.717) is 6.54 Å². The van der Waals surface area contributed by atoms with Gasteiger partial charge in [-0.1, -0.05) is 5.21 Å². The Morgan fingerprint density at radius 3 is 2.73 bits per heavy atom. The van der Waals surface area contributed by atoms with Crippen LogP contribution in [0.1, 0.15) is 19.3 Å². The van der Waals surface area contributed by atoms with E-state index in [1.165, 1.54) is 41.1 Å². The fourth-order valence-corrected chi connectivity index (χ4v) is 3.40. The highest BCUT2D eigenvalue weighted by Crippen LogP contribution is 2.16. The van der Waals surface area contributed by atoms with Gasteiger partial charge in [-0.2, -0.15) is 4.68 Å². The van der Waals surface area contributed by atoms with Crippen molar-refractivity contribution in [1.29, 1.82) is 0 Å². The van der Waals surface area contributed by atoms with E-state index in [1.54, 1.807) is 0 Å². The number of halogens is 2. The molecule has 2 aromatic heterocycles. The molecule has 0 atom stereocenters. The monoisotopic (exact) mass is 361 g/mol. The summed E-state index contributed by atoms with van der Waals surface area (Å²) in [6.45, 7) is 3.66. The Morgan fingerprint density at radius 2 is 1.96 bits per heavy atom. The van der Waals surface area contributed by atoms with E-state index in [9.17, 15) is 13.6 Å². The molecule has 3 aromatic rings. The van der Waals surface area contributed by atoms with Crippen LogP contribution in [-0.4, -0.2) is 44.2 Å². The van der Waals surface area contributed by atoms with Crippen LogP contribution in [0, 0.1) is 11.6 Å². The molecule has 1 aliphatic rings. The molecular weight excluding hydrogens is 342 g/mol. The number of rotatable bonds is 4. The zero-order valence-corrected chi connectivity index (χ0v) is 14.2. The Morgan fingerprint density at radius 1 is 1.15 bits per heavy atom. The topological polar surface area (TPSA) is 70.0 Å². The summed E-state index contributed by atoms with van der Waals surface area (Å²) in [5, 5.41) is 7.69. The van der Waals surface area contributed by atoms with Crippen LogP contribution in [0.15, 0.2) is 29.3 Å². The molecule has 0 aliphatic carbocycles. The van der Waals surface area contributed by atoms with Crippen LogP contribution in [0.5, 0.6) is 0 Å². The lowest BCUT2D eigenvalue weighted by molar-refractivity contribution is -0.905. The first-order chi connectivity index (χ1) is 12.6. The number of hydrogen-bond acceptors (Lipinski definition) is 4. The van der Waals surface area contributed by atoms with Crippen LogP contribution < -0.4 is 10.5 Å². The standard InChI is InChI=1S/C17H18F2N6O/c18-12-4-5-14(13(19)10-12)25-16-15(21-22-25)17(26)24(11-20-16)9-8-23-6-2-1-3-7-23/h4-5,10-11H,1-3,6-9H2/p+1. The maximum Gasteiger partial charge on any atom is 0.283 e. The van der Waals surface area contributed by atoms with Crippen LogP contribution in [0.25, 0.3) is 16.9 Å². The van der Waals surface area contributed by atoms with Gasteiger partial charge < -0.3 is 4.90 Å². The molecule has 4 rings (SSSR count). The van der Waals surface area contributed by atoms with Gasteiger partial charge in [-0.25, -0.2) is 13.8 Å². The summed E-state index contributed by atoms with van der Waals surface area (Å²) in [5.41, 5.74) is -0.0802. The molecule has 3 heterocycles. The molecule has 0 amide bonds. The van der Waals surface area contributed by atoms with Crippen molar-refractivity contribution in [1.82, 2.24) is 24.5 Å². The predicted molar refractivity (Wildman–Crippen MR) is 90.3 cm³/mol. The van der Waals surface area contributed by atoms with Crippen LogP contribution >= 0.6 is 0 Å². The molecule has 1 aromatic carbocycles. The molecular formula is C17H19F2N6O+. The van der Waals surface area contributed by atoms with Gasteiger partial charge in [0.1, 0.15) is 17.8 Å². The fourth-order valence-electron chi connectivity index (χ4n) is 3.40. The number of nitrogens with zero attached hydrogens (tertiary/aromatic N) is 5. The Labute approximate surface area is 147 Å². The van der Waals surface area contributed by atoms with Crippen LogP contribution in [-0.2, 0) is 6.54 Å². The largest absolute Gasteiger partial charge is 0.333 e. The van der Waals surface area contributed by atoms with E-state index >= 15 is 0 Å². The first-order valence-corrected chi connectivity index (χ1v) is 8.73. The van der Waals surface area contributed by atoms with Crippen molar-refractivity contribution in [3.63, 3.8) is 0 Å². The van der Waals surface area contributed by atoms with Gasteiger partial charge in [0.15, 0.2) is 17.0 Å². The number of aromatic nitrogens is 5. The molecule has 0 saturated carbocycles. The smallest absolute Gasteiger partial charge is 0.283 e. The highest BCUT2D eigenvalue weighted by molar-refractivity contribution is 5.70. The SMILES string of the molecule is O=c1c2nnn(-c3ccc(F)cc3F)c2ncn1CC[NH+]1CCCCC1. The van der Waals surface area contributed by atoms with Gasteiger partial charge in [-0.3, -0.25) is 9.36 Å². The van der Waals surface area contributed by atoms with E-state index in [1.807, 2.05) is 0 Å². The van der Waals surface area contributed by atoms with E-state index < -0.39 is 11.6 Å². The minimum atomic E-state index is -0.795. The quantitative estimate of drug-likeness (QED) is 0.727. The van der Waals surface area contributed by atoms with Crippen molar-refractivity contribution in [2.45, 2.75) is 25.8 Å². The Bertz CT molecular complexity index is 993. The normalized spacial score (nSPS) is 15.6. The molecule has 26 heavy (non-hydrogen) atoms. The van der Waals surface area contributed by atoms with Crippen LogP contribution in [0.4, 0.5) is 8.78 Å². The Kier molecular flexibility index (Phi) is 4.46. The van der Waals surface area contributed by atoms with Crippen molar-refractivity contribution < 1.29 is 13.7 Å². The summed E-state index contributed by atoms with van der Waals surface area (Å²) in [5.74, 6) is -1.48. The number of quaternary nitrogens is 1. The molecule has 0 unspecified atom stereocenters. The highest BCUT2D eigenvalue weighted by atomic mass is 19.1. The first-order valence-electron chi connectivity index (χ1n) is 8.73. The lowest BCUT2D eigenvalue weighted by Gasteiger charge is -2.23. The van der Waals surface area contributed by atoms with Crippen molar-refractivity contribution >= 4 is 11.2 Å². The number of likely N-dealkylation sites (tertiary alicyclic amines) is 1. The second-order valence-electron chi connectivity index (χ2n) is 6.57. The van der Waals surface area contributed by atoms with Gasteiger partial charge in [0, 0.05) is 6.07 Å². The molecule has 136 valence electrons. The zero-order chi connectivity index (χ0) is 18.1. The summed E-state index contributed by atoms with van der Waals surface area (Å²) in [6, 6.07) is 3.12. The summed E-state index contributed by atoms with van der Waals surface area (Å²) in [4.78, 5) is 18.4. The molecule has 0 bridgehead atoms. The second-order valence-corrected chi connectivity index (χ2v) is 6.57. The lowest BCUT2D eigenvalue weighted by atomic mass is 10.1. The average Bonchev–Trinajstić information content (AvgIpc) is 3.07. The molecule has 1 N–H and O–H groups in total. The maximum atomic E-state index is 14.0. The minimum Gasteiger partial charge on any atom is -0.333 e. The second kappa shape index (κ2) is 6.91. The highest BCUT2D eigenvalue weighted by Gasteiger charge is 2.18.